The monoisotopic (exact) mass is 341 g/mol. The molecule has 1 saturated heterocycles. The summed E-state index contributed by atoms with van der Waals surface area (Å²) in [5.74, 6) is -0.138. The largest absolute Gasteiger partial charge is 0.399 e. The molecule has 1 aliphatic rings. The zero-order valence-corrected chi connectivity index (χ0v) is 13.1. The van der Waals surface area contributed by atoms with Gasteiger partial charge in [-0.3, -0.25) is 9.69 Å². The van der Waals surface area contributed by atoms with E-state index in [0.717, 1.165) is 30.7 Å². The summed E-state index contributed by atoms with van der Waals surface area (Å²) in [6.07, 6.45) is 0.0486. The van der Waals surface area contributed by atoms with Gasteiger partial charge in [-0.05, 0) is 40.7 Å². The molecular weight excluding hydrogens is 322 g/mol. The molecule has 0 spiro atoms. The number of carbonyl (C=O) groups excluding carboxylic acids is 1. The molecule has 1 atom stereocenters. The van der Waals surface area contributed by atoms with E-state index >= 15 is 0 Å². The minimum atomic E-state index is -0.138. The Balaban J connectivity index is 1.90. The second-order valence-corrected chi connectivity index (χ2v) is 5.69. The number of hydrogen-bond donors (Lipinski definition) is 2. The van der Waals surface area contributed by atoms with Crippen LogP contribution in [0.1, 0.15) is 17.3 Å². The third-order valence-corrected chi connectivity index (χ3v) is 4.09. The van der Waals surface area contributed by atoms with Gasteiger partial charge in [0.05, 0.1) is 18.3 Å². The molecule has 2 rings (SSSR count). The van der Waals surface area contributed by atoms with Crippen molar-refractivity contribution in [3.63, 3.8) is 0 Å². The van der Waals surface area contributed by atoms with Crippen LogP contribution >= 0.6 is 15.9 Å². The van der Waals surface area contributed by atoms with E-state index in [1.165, 1.54) is 0 Å². The molecule has 0 radical (unpaired) electrons. The second-order valence-electron chi connectivity index (χ2n) is 4.84. The number of morpholine rings is 1. The smallest absolute Gasteiger partial charge is 0.252 e. The first-order valence-corrected chi connectivity index (χ1v) is 7.56. The number of anilines is 1. The number of hydrogen-bond acceptors (Lipinski definition) is 4. The van der Waals surface area contributed by atoms with Crippen LogP contribution in [0.5, 0.6) is 0 Å². The molecule has 1 unspecified atom stereocenters. The number of nitrogens with two attached hydrogens (primary N) is 1. The first-order valence-electron chi connectivity index (χ1n) is 6.77. The van der Waals surface area contributed by atoms with Crippen LogP contribution in [0, 0.1) is 0 Å². The van der Waals surface area contributed by atoms with E-state index in [2.05, 4.69) is 33.1 Å². The first kappa shape index (κ1) is 15.3. The summed E-state index contributed by atoms with van der Waals surface area (Å²) in [4.78, 5) is 14.5. The minimum absolute atomic E-state index is 0.0486. The quantitative estimate of drug-likeness (QED) is 0.814. The van der Waals surface area contributed by atoms with Crippen molar-refractivity contribution in [2.24, 2.45) is 0 Å². The third-order valence-electron chi connectivity index (χ3n) is 3.40. The number of likely N-dealkylation sites (N-methyl/N-ethyl adjacent to an activating group) is 1. The molecule has 3 N–H and O–H groups in total. The molecule has 0 aliphatic carbocycles. The van der Waals surface area contributed by atoms with Crippen molar-refractivity contribution in [3.8, 4) is 0 Å². The summed E-state index contributed by atoms with van der Waals surface area (Å²) in [5.41, 5.74) is 6.83. The van der Waals surface area contributed by atoms with Gasteiger partial charge in [0.25, 0.3) is 5.91 Å². The van der Waals surface area contributed by atoms with Crippen LogP contribution in [0.4, 0.5) is 5.69 Å². The summed E-state index contributed by atoms with van der Waals surface area (Å²) < 4.78 is 6.40. The van der Waals surface area contributed by atoms with Gasteiger partial charge in [-0.25, -0.2) is 0 Å². The highest BCUT2D eigenvalue weighted by Gasteiger charge is 2.20. The van der Waals surface area contributed by atoms with E-state index in [1.54, 1.807) is 18.2 Å². The van der Waals surface area contributed by atoms with Crippen LogP contribution in [0.3, 0.4) is 0 Å². The van der Waals surface area contributed by atoms with Gasteiger partial charge in [0.15, 0.2) is 0 Å². The lowest BCUT2D eigenvalue weighted by atomic mass is 10.2. The number of nitrogens with one attached hydrogen (secondary N) is 1. The fourth-order valence-electron chi connectivity index (χ4n) is 2.21. The van der Waals surface area contributed by atoms with Crippen LogP contribution in [-0.2, 0) is 4.74 Å². The summed E-state index contributed by atoms with van der Waals surface area (Å²) in [7, 11) is 0. The molecule has 1 fully saturated rings. The molecule has 1 amide bonds. The van der Waals surface area contributed by atoms with Crippen molar-refractivity contribution in [1.82, 2.24) is 10.2 Å². The van der Waals surface area contributed by atoms with Crippen molar-refractivity contribution < 1.29 is 9.53 Å². The number of ether oxygens (including phenoxy) is 1. The molecule has 20 heavy (non-hydrogen) atoms. The number of nitrogens with zero attached hydrogens (tertiary/aromatic N) is 1. The van der Waals surface area contributed by atoms with E-state index in [1.807, 2.05) is 0 Å². The topological polar surface area (TPSA) is 67.6 Å². The summed E-state index contributed by atoms with van der Waals surface area (Å²) in [5, 5.41) is 2.91. The molecule has 5 nitrogen and oxygen atoms in total. The average Bonchev–Trinajstić information content (AvgIpc) is 2.47. The van der Waals surface area contributed by atoms with Crippen LogP contribution < -0.4 is 11.1 Å². The maximum absolute atomic E-state index is 12.1. The fourth-order valence-corrected chi connectivity index (χ4v) is 2.64. The maximum Gasteiger partial charge on any atom is 0.252 e. The molecule has 1 aromatic carbocycles. The van der Waals surface area contributed by atoms with Gasteiger partial charge in [-0.1, -0.05) is 6.92 Å². The van der Waals surface area contributed by atoms with Crippen LogP contribution in [0.15, 0.2) is 22.7 Å². The molecule has 1 aromatic rings. The number of benzene rings is 1. The Labute approximate surface area is 127 Å². The predicted octanol–water partition coefficient (Wildman–Crippen LogP) is 1.48. The fraction of sp³-hybridized carbons (Fsp3) is 0.500. The standard InChI is InChI=1S/C14H20BrN3O2/c1-2-18-5-6-20-11(9-18)8-17-14(19)12-7-10(16)3-4-13(12)15/h3-4,7,11H,2,5-6,8-9,16H2,1H3,(H,17,19). The van der Waals surface area contributed by atoms with Crippen molar-refractivity contribution in [2.45, 2.75) is 13.0 Å². The molecule has 1 heterocycles. The lowest BCUT2D eigenvalue weighted by molar-refractivity contribution is -0.0246. The van der Waals surface area contributed by atoms with Gasteiger partial charge in [-0.15, -0.1) is 0 Å². The van der Waals surface area contributed by atoms with E-state index < -0.39 is 0 Å². The molecular formula is C14H20BrN3O2. The maximum atomic E-state index is 12.1. The number of amides is 1. The highest BCUT2D eigenvalue weighted by Crippen LogP contribution is 2.19. The Morgan fingerprint density at radius 1 is 1.60 bits per heavy atom. The molecule has 110 valence electrons. The zero-order valence-electron chi connectivity index (χ0n) is 11.6. The van der Waals surface area contributed by atoms with Gasteiger partial charge < -0.3 is 15.8 Å². The minimum Gasteiger partial charge on any atom is -0.399 e. The lowest BCUT2D eigenvalue weighted by Gasteiger charge is -2.32. The molecule has 0 saturated carbocycles. The Hall–Kier alpha value is -1.11. The highest BCUT2D eigenvalue weighted by molar-refractivity contribution is 9.10. The predicted molar refractivity (Wildman–Crippen MR) is 82.7 cm³/mol. The van der Waals surface area contributed by atoms with Gasteiger partial charge >= 0.3 is 0 Å². The van der Waals surface area contributed by atoms with Gasteiger partial charge in [0.1, 0.15) is 0 Å². The summed E-state index contributed by atoms with van der Waals surface area (Å²) in [6.45, 7) is 6.18. The molecule has 0 aromatic heterocycles. The van der Waals surface area contributed by atoms with Crippen molar-refractivity contribution in [1.29, 1.82) is 0 Å². The Morgan fingerprint density at radius 2 is 2.40 bits per heavy atom. The van der Waals surface area contributed by atoms with Crippen LogP contribution in [-0.4, -0.2) is 49.7 Å². The number of halogens is 1. The van der Waals surface area contributed by atoms with Crippen molar-refractivity contribution in [2.75, 3.05) is 38.5 Å². The van der Waals surface area contributed by atoms with E-state index in [4.69, 9.17) is 10.5 Å². The Bertz CT molecular complexity index is 481. The van der Waals surface area contributed by atoms with E-state index in [0.29, 0.717) is 17.8 Å². The van der Waals surface area contributed by atoms with Gasteiger partial charge in [0, 0.05) is 29.8 Å². The molecule has 6 heteroatoms. The Kier molecular flexibility index (Phi) is 5.39. The van der Waals surface area contributed by atoms with Crippen LogP contribution in [0.25, 0.3) is 0 Å². The van der Waals surface area contributed by atoms with Crippen molar-refractivity contribution in [3.05, 3.63) is 28.2 Å². The number of nitrogen functional groups attached to an aromatic ring is 1. The van der Waals surface area contributed by atoms with E-state index in [9.17, 15) is 4.79 Å². The second kappa shape index (κ2) is 7.06. The number of rotatable bonds is 4. The SMILES string of the molecule is CCN1CCOC(CNC(=O)c2cc(N)ccc2Br)C1. The van der Waals surface area contributed by atoms with Gasteiger partial charge in [0.2, 0.25) is 0 Å². The average molecular weight is 342 g/mol. The van der Waals surface area contributed by atoms with E-state index in [-0.39, 0.29) is 12.0 Å². The Morgan fingerprint density at radius 3 is 3.15 bits per heavy atom. The van der Waals surface area contributed by atoms with Gasteiger partial charge in [-0.2, -0.15) is 0 Å². The summed E-state index contributed by atoms with van der Waals surface area (Å²) >= 11 is 3.36. The summed E-state index contributed by atoms with van der Waals surface area (Å²) in [6, 6.07) is 5.20. The zero-order chi connectivity index (χ0) is 14.5. The first-order chi connectivity index (χ1) is 9.60. The van der Waals surface area contributed by atoms with Crippen molar-refractivity contribution >= 4 is 27.5 Å². The molecule has 0 bridgehead atoms. The third kappa shape index (κ3) is 3.94. The normalized spacial score (nSPS) is 19.8. The molecule has 1 aliphatic heterocycles. The van der Waals surface area contributed by atoms with Crippen LogP contribution in [0.2, 0.25) is 0 Å². The highest BCUT2D eigenvalue weighted by atomic mass is 79.9. The number of carbonyl (C=O) groups is 1. The lowest BCUT2D eigenvalue weighted by Crippen LogP contribution is -2.47.